The van der Waals surface area contributed by atoms with Crippen molar-refractivity contribution in [3.8, 4) is 5.75 Å². The summed E-state index contributed by atoms with van der Waals surface area (Å²) in [6, 6.07) is 7.47. The monoisotopic (exact) mass is 320 g/mol. The standard InChI is InChI=1S/C16H24N4O3/c1-20(2)15(21)14-9-8-11(23-14)10-18-16(17)19-12-6-4-5-7-13(12)22-3/h4-7,11,14H,8-10H2,1-3H3,(H3,17,18,19). The average Bonchev–Trinajstić information content (AvgIpc) is 3.01. The van der Waals surface area contributed by atoms with E-state index >= 15 is 0 Å². The number of para-hydroxylation sites is 2. The zero-order valence-corrected chi connectivity index (χ0v) is 13.8. The lowest BCUT2D eigenvalue weighted by Gasteiger charge is -2.16. The van der Waals surface area contributed by atoms with Gasteiger partial charge in [-0.1, -0.05) is 12.1 Å². The summed E-state index contributed by atoms with van der Waals surface area (Å²) in [6.45, 7) is 0.422. The van der Waals surface area contributed by atoms with Crippen LogP contribution in [0.1, 0.15) is 12.8 Å². The van der Waals surface area contributed by atoms with Crippen LogP contribution >= 0.6 is 0 Å². The summed E-state index contributed by atoms with van der Waals surface area (Å²) < 4.78 is 11.0. The minimum atomic E-state index is -0.367. The van der Waals surface area contributed by atoms with Crippen LogP contribution in [0.15, 0.2) is 29.3 Å². The molecular formula is C16H24N4O3. The topological polar surface area (TPSA) is 89.2 Å². The molecule has 1 saturated heterocycles. The molecule has 126 valence electrons. The first kappa shape index (κ1) is 17.1. The third-order valence-electron chi connectivity index (χ3n) is 3.66. The summed E-state index contributed by atoms with van der Waals surface area (Å²) in [4.78, 5) is 17.7. The minimum absolute atomic E-state index is 0.00315. The Labute approximate surface area is 136 Å². The number of ether oxygens (including phenoxy) is 2. The highest BCUT2D eigenvalue weighted by molar-refractivity contribution is 5.93. The van der Waals surface area contributed by atoms with Crippen molar-refractivity contribution in [2.45, 2.75) is 25.0 Å². The van der Waals surface area contributed by atoms with Gasteiger partial charge in [0.15, 0.2) is 5.96 Å². The largest absolute Gasteiger partial charge is 0.495 e. The van der Waals surface area contributed by atoms with Gasteiger partial charge in [-0.2, -0.15) is 0 Å². The zero-order chi connectivity index (χ0) is 16.8. The second kappa shape index (κ2) is 7.82. The summed E-state index contributed by atoms with van der Waals surface area (Å²) in [5, 5.41) is 3.01. The number of hydrogen-bond donors (Lipinski definition) is 2. The summed E-state index contributed by atoms with van der Waals surface area (Å²) in [5.41, 5.74) is 6.66. The highest BCUT2D eigenvalue weighted by Gasteiger charge is 2.31. The second-order valence-electron chi connectivity index (χ2n) is 5.61. The minimum Gasteiger partial charge on any atom is -0.495 e. The molecule has 1 fully saturated rings. The number of carbonyl (C=O) groups excluding carboxylic acids is 1. The van der Waals surface area contributed by atoms with Crippen LogP contribution in [-0.4, -0.2) is 56.7 Å². The summed E-state index contributed by atoms with van der Waals surface area (Å²) >= 11 is 0. The fourth-order valence-electron chi connectivity index (χ4n) is 2.44. The van der Waals surface area contributed by atoms with Gasteiger partial charge >= 0.3 is 0 Å². The maximum atomic E-state index is 11.9. The lowest BCUT2D eigenvalue weighted by Crippen LogP contribution is -2.34. The predicted octanol–water partition coefficient (Wildman–Crippen LogP) is 1.06. The molecule has 0 bridgehead atoms. The number of methoxy groups -OCH3 is 1. The number of nitrogens with two attached hydrogens (primary N) is 1. The van der Waals surface area contributed by atoms with Crippen molar-refractivity contribution in [3.05, 3.63) is 24.3 Å². The molecule has 1 aromatic rings. The van der Waals surface area contributed by atoms with Crippen LogP contribution in [-0.2, 0) is 9.53 Å². The third-order valence-corrected chi connectivity index (χ3v) is 3.66. The number of guanidine groups is 1. The van der Waals surface area contributed by atoms with Crippen molar-refractivity contribution in [2.75, 3.05) is 33.1 Å². The maximum absolute atomic E-state index is 11.9. The molecule has 7 heteroatoms. The molecule has 2 atom stereocenters. The first-order valence-electron chi connectivity index (χ1n) is 7.58. The van der Waals surface area contributed by atoms with Crippen molar-refractivity contribution in [2.24, 2.45) is 10.7 Å². The molecule has 3 N–H and O–H groups in total. The van der Waals surface area contributed by atoms with E-state index < -0.39 is 0 Å². The lowest BCUT2D eigenvalue weighted by atomic mass is 10.2. The fraction of sp³-hybridized carbons (Fsp3) is 0.500. The van der Waals surface area contributed by atoms with Crippen LogP contribution in [0.3, 0.4) is 0 Å². The third kappa shape index (κ3) is 4.59. The first-order chi connectivity index (χ1) is 11.0. The molecule has 0 radical (unpaired) electrons. The van der Waals surface area contributed by atoms with E-state index in [1.807, 2.05) is 24.3 Å². The Balaban J connectivity index is 1.87. The van der Waals surface area contributed by atoms with E-state index in [1.165, 1.54) is 0 Å². The highest BCUT2D eigenvalue weighted by atomic mass is 16.5. The number of nitrogens with zero attached hydrogens (tertiary/aromatic N) is 2. The van der Waals surface area contributed by atoms with Gasteiger partial charge in [0.25, 0.3) is 5.91 Å². The highest BCUT2D eigenvalue weighted by Crippen LogP contribution is 2.23. The van der Waals surface area contributed by atoms with Crippen molar-refractivity contribution in [1.29, 1.82) is 0 Å². The van der Waals surface area contributed by atoms with Crippen molar-refractivity contribution >= 4 is 17.6 Å². The predicted molar refractivity (Wildman–Crippen MR) is 89.7 cm³/mol. The summed E-state index contributed by atoms with van der Waals surface area (Å²) in [5.74, 6) is 0.983. The van der Waals surface area contributed by atoms with Crippen molar-refractivity contribution < 1.29 is 14.3 Å². The number of benzene rings is 1. The Morgan fingerprint density at radius 1 is 1.43 bits per heavy atom. The number of anilines is 1. The normalized spacial score (nSPS) is 21.1. The number of nitrogens with one attached hydrogen (secondary N) is 1. The molecule has 23 heavy (non-hydrogen) atoms. The van der Waals surface area contributed by atoms with E-state index in [4.69, 9.17) is 15.2 Å². The Kier molecular flexibility index (Phi) is 5.81. The molecule has 2 rings (SSSR count). The van der Waals surface area contributed by atoms with Gasteiger partial charge in [0, 0.05) is 14.1 Å². The Morgan fingerprint density at radius 3 is 2.87 bits per heavy atom. The van der Waals surface area contributed by atoms with Crippen molar-refractivity contribution in [3.63, 3.8) is 0 Å². The van der Waals surface area contributed by atoms with Gasteiger partial charge in [-0.15, -0.1) is 0 Å². The van der Waals surface area contributed by atoms with Gasteiger partial charge in [-0.05, 0) is 25.0 Å². The quantitative estimate of drug-likeness (QED) is 0.625. The van der Waals surface area contributed by atoms with Crippen LogP contribution in [0, 0.1) is 0 Å². The van der Waals surface area contributed by atoms with Gasteiger partial charge in [0.05, 0.1) is 25.4 Å². The molecule has 2 unspecified atom stereocenters. The van der Waals surface area contributed by atoms with Crippen LogP contribution in [0.2, 0.25) is 0 Å². The van der Waals surface area contributed by atoms with Crippen molar-refractivity contribution in [1.82, 2.24) is 4.90 Å². The molecule has 7 nitrogen and oxygen atoms in total. The second-order valence-corrected chi connectivity index (χ2v) is 5.61. The van der Waals surface area contributed by atoms with Crippen LogP contribution in [0.25, 0.3) is 0 Å². The van der Waals surface area contributed by atoms with E-state index in [9.17, 15) is 4.79 Å². The Hall–Kier alpha value is -2.28. The van der Waals surface area contributed by atoms with Gasteiger partial charge in [-0.25, -0.2) is 0 Å². The fourth-order valence-corrected chi connectivity index (χ4v) is 2.44. The Bertz CT molecular complexity index is 574. The van der Waals surface area contributed by atoms with Crippen LogP contribution < -0.4 is 15.8 Å². The van der Waals surface area contributed by atoms with Gasteiger partial charge in [0.2, 0.25) is 0 Å². The molecule has 0 saturated carbocycles. The molecule has 0 spiro atoms. The number of likely N-dealkylation sites (N-methyl/N-ethyl adjacent to an activating group) is 1. The van der Waals surface area contributed by atoms with E-state index in [-0.39, 0.29) is 18.1 Å². The summed E-state index contributed by atoms with van der Waals surface area (Å²) in [6.07, 6.45) is 1.07. The van der Waals surface area contributed by atoms with Crippen LogP contribution in [0.4, 0.5) is 5.69 Å². The molecule has 0 aliphatic carbocycles. The van der Waals surface area contributed by atoms with E-state index in [2.05, 4.69) is 10.3 Å². The molecule has 1 aliphatic rings. The van der Waals surface area contributed by atoms with Gasteiger partial charge in [-0.3, -0.25) is 9.79 Å². The molecule has 1 aliphatic heterocycles. The maximum Gasteiger partial charge on any atom is 0.251 e. The Morgan fingerprint density at radius 2 is 2.17 bits per heavy atom. The van der Waals surface area contributed by atoms with Gasteiger partial charge in [0.1, 0.15) is 11.9 Å². The number of aliphatic imine (C=N–C) groups is 1. The molecule has 1 amide bonds. The smallest absolute Gasteiger partial charge is 0.251 e. The SMILES string of the molecule is COc1ccccc1NC(N)=NCC1CCC(C(=O)N(C)C)O1. The first-order valence-corrected chi connectivity index (χ1v) is 7.58. The number of carbonyl (C=O) groups is 1. The van der Waals surface area contributed by atoms with E-state index in [0.717, 1.165) is 18.5 Å². The molecular weight excluding hydrogens is 296 g/mol. The number of hydrogen-bond acceptors (Lipinski definition) is 4. The molecule has 1 heterocycles. The lowest BCUT2D eigenvalue weighted by molar-refractivity contribution is -0.140. The van der Waals surface area contributed by atoms with E-state index in [0.29, 0.717) is 18.3 Å². The zero-order valence-electron chi connectivity index (χ0n) is 13.8. The number of amides is 1. The molecule has 1 aromatic carbocycles. The van der Waals surface area contributed by atoms with Crippen LogP contribution in [0.5, 0.6) is 5.75 Å². The average molecular weight is 320 g/mol. The van der Waals surface area contributed by atoms with Gasteiger partial charge < -0.3 is 25.4 Å². The molecule has 0 aromatic heterocycles. The van der Waals surface area contributed by atoms with E-state index in [1.54, 1.807) is 26.1 Å². The number of rotatable bonds is 5. The summed E-state index contributed by atoms with van der Waals surface area (Å²) in [7, 11) is 5.06.